The van der Waals surface area contributed by atoms with Crippen LogP contribution in [0.25, 0.3) is 0 Å². The zero-order valence-electron chi connectivity index (χ0n) is 15.8. The number of hydrogen-bond acceptors (Lipinski definition) is 6. The smallest absolute Gasteiger partial charge is 0.229 e. The van der Waals surface area contributed by atoms with Crippen LogP contribution in [0, 0.1) is 6.92 Å². The van der Waals surface area contributed by atoms with Gasteiger partial charge in [0.1, 0.15) is 11.6 Å². The van der Waals surface area contributed by atoms with Crippen molar-refractivity contribution in [2.75, 3.05) is 27.2 Å². The summed E-state index contributed by atoms with van der Waals surface area (Å²) in [5.41, 5.74) is 0.741. The van der Waals surface area contributed by atoms with Crippen LogP contribution < -0.4 is 4.74 Å². The van der Waals surface area contributed by atoms with Crippen LogP contribution in [0.1, 0.15) is 24.3 Å². The number of likely N-dealkylation sites (N-methyl/N-ethyl adjacent to an activating group) is 1. The van der Waals surface area contributed by atoms with Crippen molar-refractivity contribution in [1.82, 2.24) is 29.5 Å². The van der Waals surface area contributed by atoms with Crippen molar-refractivity contribution in [3.8, 4) is 5.75 Å². The Balaban J connectivity index is 1.75. The Labute approximate surface area is 153 Å². The molecule has 140 valence electrons. The number of ether oxygens (including phenoxy) is 1. The SMILES string of the molecule is CCOc1ccc(CC(=O)N2Cc3nnc(C)n3CC2CN(C)C)nc1. The normalized spacial score (nSPS) is 16.7. The molecule has 0 N–H and O–H groups in total. The fourth-order valence-electron chi connectivity index (χ4n) is 3.26. The first-order valence-electron chi connectivity index (χ1n) is 8.88. The summed E-state index contributed by atoms with van der Waals surface area (Å²) in [6.07, 6.45) is 1.93. The highest BCUT2D eigenvalue weighted by Gasteiger charge is 2.32. The van der Waals surface area contributed by atoms with E-state index < -0.39 is 0 Å². The first-order chi connectivity index (χ1) is 12.5. The monoisotopic (exact) mass is 358 g/mol. The van der Waals surface area contributed by atoms with Crippen molar-refractivity contribution in [3.05, 3.63) is 35.7 Å². The van der Waals surface area contributed by atoms with Crippen molar-refractivity contribution in [3.63, 3.8) is 0 Å². The van der Waals surface area contributed by atoms with Crippen molar-refractivity contribution in [1.29, 1.82) is 0 Å². The summed E-state index contributed by atoms with van der Waals surface area (Å²) >= 11 is 0. The molecule has 1 amide bonds. The molecule has 1 unspecified atom stereocenters. The number of hydrogen-bond donors (Lipinski definition) is 0. The van der Waals surface area contributed by atoms with Crippen molar-refractivity contribution >= 4 is 5.91 Å². The van der Waals surface area contributed by atoms with Crippen LogP contribution in [-0.2, 0) is 24.3 Å². The van der Waals surface area contributed by atoms with Gasteiger partial charge in [0.05, 0.1) is 31.8 Å². The lowest BCUT2D eigenvalue weighted by Gasteiger charge is -2.37. The molecule has 3 rings (SSSR count). The topological polar surface area (TPSA) is 76.4 Å². The first kappa shape index (κ1) is 18.3. The Kier molecular flexibility index (Phi) is 5.51. The molecule has 1 atom stereocenters. The number of rotatable bonds is 6. The minimum atomic E-state index is 0.0559. The van der Waals surface area contributed by atoms with Gasteiger partial charge in [-0.15, -0.1) is 10.2 Å². The Morgan fingerprint density at radius 3 is 2.81 bits per heavy atom. The number of carbonyl (C=O) groups is 1. The highest BCUT2D eigenvalue weighted by Crippen LogP contribution is 2.20. The Morgan fingerprint density at radius 2 is 2.15 bits per heavy atom. The molecule has 2 aromatic heterocycles. The van der Waals surface area contributed by atoms with E-state index in [1.165, 1.54) is 0 Å². The van der Waals surface area contributed by atoms with E-state index in [0.717, 1.165) is 36.2 Å². The van der Waals surface area contributed by atoms with Gasteiger partial charge in [-0.2, -0.15) is 0 Å². The molecule has 2 aromatic rings. The van der Waals surface area contributed by atoms with E-state index in [1.54, 1.807) is 6.20 Å². The van der Waals surface area contributed by atoms with Gasteiger partial charge in [0, 0.05) is 18.8 Å². The molecule has 0 fully saturated rings. The molecule has 0 spiro atoms. The second-order valence-corrected chi connectivity index (χ2v) is 6.81. The summed E-state index contributed by atoms with van der Waals surface area (Å²) in [6.45, 7) is 6.47. The summed E-state index contributed by atoms with van der Waals surface area (Å²) in [4.78, 5) is 21.3. The molecule has 26 heavy (non-hydrogen) atoms. The third-order valence-corrected chi connectivity index (χ3v) is 4.50. The van der Waals surface area contributed by atoms with Crippen LogP contribution in [0.3, 0.4) is 0 Å². The fourth-order valence-corrected chi connectivity index (χ4v) is 3.26. The molecule has 0 saturated carbocycles. The second kappa shape index (κ2) is 7.82. The maximum absolute atomic E-state index is 13.0. The predicted octanol–water partition coefficient (Wildman–Crippen LogP) is 0.895. The zero-order chi connectivity index (χ0) is 18.7. The lowest BCUT2D eigenvalue weighted by molar-refractivity contribution is -0.135. The quantitative estimate of drug-likeness (QED) is 0.763. The molecule has 0 bridgehead atoms. The highest BCUT2D eigenvalue weighted by molar-refractivity contribution is 5.78. The number of fused-ring (bicyclic) bond motifs is 1. The Morgan fingerprint density at radius 1 is 1.35 bits per heavy atom. The average Bonchev–Trinajstić information content (AvgIpc) is 2.96. The molecule has 0 radical (unpaired) electrons. The van der Waals surface area contributed by atoms with E-state index in [2.05, 4.69) is 24.6 Å². The maximum Gasteiger partial charge on any atom is 0.229 e. The van der Waals surface area contributed by atoms with Crippen LogP contribution >= 0.6 is 0 Å². The predicted molar refractivity (Wildman–Crippen MR) is 96.8 cm³/mol. The van der Waals surface area contributed by atoms with Gasteiger partial charge in [0.15, 0.2) is 5.82 Å². The van der Waals surface area contributed by atoms with E-state index in [4.69, 9.17) is 4.74 Å². The Bertz CT molecular complexity index is 756. The van der Waals surface area contributed by atoms with E-state index >= 15 is 0 Å². The van der Waals surface area contributed by atoms with Gasteiger partial charge in [-0.1, -0.05) is 0 Å². The number of aromatic nitrogens is 4. The average molecular weight is 358 g/mol. The van der Waals surface area contributed by atoms with Crippen LogP contribution in [0.2, 0.25) is 0 Å². The van der Waals surface area contributed by atoms with Gasteiger partial charge >= 0.3 is 0 Å². The molecule has 8 nitrogen and oxygen atoms in total. The summed E-state index contributed by atoms with van der Waals surface area (Å²) in [5.74, 6) is 2.51. The maximum atomic E-state index is 13.0. The van der Waals surface area contributed by atoms with Crippen molar-refractivity contribution in [2.45, 2.75) is 39.4 Å². The third kappa shape index (κ3) is 4.01. The number of nitrogens with zero attached hydrogens (tertiary/aromatic N) is 6. The summed E-state index contributed by atoms with van der Waals surface area (Å²) in [6, 6.07) is 3.79. The molecule has 1 aliphatic heterocycles. The Hall–Kier alpha value is -2.48. The van der Waals surface area contributed by atoms with E-state index in [1.807, 2.05) is 45.0 Å². The molecule has 1 aliphatic rings. The zero-order valence-corrected chi connectivity index (χ0v) is 15.8. The minimum absolute atomic E-state index is 0.0559. The number of pyridine rings is 1. The van der Waals surface area contributed by atoms with Crippen molar-refractivity contribution < 1.29 is 9.53 Å². The molecular formula is C18H26N6O2. The molecular weight excluding hydrogens is 332 g/mol. The summed E-state index contributed by atoms with van der Waals surface area (Å²) in [5, 5.41) is 8.37. The minimum Gasteiger partial charge on any atom is -0.492 e. The van der Waals surface area contributed by atoms with Crippen LogP contribution in [0.4, 0.5) is 0 Å². The largest absolute Gasteiger partial charge is 0.492 e. The van der Waals surface area contributed by atoms with Gasteiger partial charge in [-0.25, -0.2) is 0 Å². The fraction of sp³-hybridized carbons (Fsp3) is 0.556. The summed E-state index contributed by atoms with van der Waals surface area (Å²) in [7, 11) is 4.04. The van der Waals surface area contributed by atoms with E-state index in [0.29, 0.717) is 13.2 Å². The van der Waals surface area contributed by atoms with Crippen molar-refractivity contribution in [2.24, 2.45) is 0 Å². The number of amides is 1. The van der Waals surface area contributed by atoms with Gasteiger partial charge in [-0.3, -0.25) is 9.78 Å². The standard InChI is InChI=1S/C18H26N6O2/c1-5-26-16-7-6-14(19-9-16)8-18(25)24-12-17-21-20-13(2)23(17)11-15(24)10-22(3)4/h6-7,9,15H,5,8,10-12H2,1-4H3. The van der Waals surface area contributed by atoms with Crippen LogP contribution in [0.5, 0.6) is 5.75 Å². The van der Waals surface area contributed by atoms with E-state index in [9.17, 15) is 4.79 Å². The third-order valence-electron chi connectivity index (χ3n) is 4.50. The summed E-state index contributed by atoms with van der Waals surface area (Å²) < 4.78 is 7.51. The van der Waals surface area contributed by atoms with Crippen LogP contribution in [-0.4, -0.2) is 68.7 Å². The van der Waals surface area contributed by atoms with E-state index in [-0.39, 0.29) is 18.4 Å². The number of carbonyl (C=O) groups excluding carboxylic acids is 1. The molecule has 8 heteroatoms. The second-order valence-electron chi connectivity index (χ2n) is 6.81. The van der Waals surface area contributed by atoms with Crippen LogP contribution in [0.15, 0.2) is 18.3 Å². The molecule has 0 aromatic carbocycles. The lowest BCUT2D eigenvalue weighted by Crippen LogP contribution is -2.51. The highest BCUT2D eigenvalue weighted by atomic mass is 16.5. The molecule has 0 aliphatic carbocycles. The first-order valence-corrected chi connectivity index (χ1v) is 8.88. The number of aryl methyl sites for hydroxylation is 1. The molecule has 0 saturated heterocycles. The van der Waals surface area contributed by atoms with Gasteiger partial charge in [0.25, 0.3) is 0 Å². The van der Waals surface area contributed by atoms with Gasteiger partial charge < -0.3 is 19.1 Å². The van der Waals surface area contributed by atoms with Gasteiger partial charge in [-0.05, 0) is 40.1 Å². The van der Waals surface area contributed by atoms with Gasteiger partial charge in [0.2, 0.25) is 5.91 Å². The molecule has 3 heterocycles. The lowest BCUT2D eigenvalue weighted by atomic mass is 10.1.